The van der Waals surface area contributed by atoms with Gasteiger partial charge >= 0.3 is 0 Å². The van der Waals surface area contributed by atoms with Crippen LogP contribution in [0.5, 0.6) is 0 Å². The van der Waals surface area contributed by atoms with Gasteiger partial charge in [-0.15, -0.1) is 0 Å². The molecule has 1 rings (SSSR count). The predicted molar refractivity (Wildman–Crippen MR) is 56.0 cm³/mol. The fourth-order valence-corrected chi connectivity index (χ4v) is 1.78. The Morgan fingerprint density at radius 2 is 2.29 bits per heavy atom. The van der Waals surface area contributed by atoms with Gasteiger partial charge in [-0.1, -0.05) is 20.8 Å². The number of carbonyl (C=O) groups excluding carboxylic acids is 1. The molecule has 1 fully saturated rings. The fourth-order valence-electron chi connectivity index (χ4n) is 1.78. The van der Waals surface area contributed by atoms with Gasteiger partial charge in [0, 0.05) is 12.6 Å². The molecule has 1 amide bonds. The summed E-state index contributed by atoms with van der Waals surface area (Å²) in [6.07, 6.45) is 1.87. The second kappa shape index (κ2) is 5.35. The van der Waals surface area contributed by atoms with Gasteiger partial charge in [-0.25, -0.2) is 0 Å². The Balaban J connectivity index is 2.37. The third kappa shape index (κ3) is 2.98. The van der Waals surface area contributed by atoms with Gasteiger partial charge in [0.25, 0.3) is 0 Å². The van der Waals surface area contributed by atoms with E-state index in [9.17, 15) is 4.79 Å². The van der Waals surface area contributed by atoms with Crippen LogP contribution in [0.3, 0.4) is 0 Å². The van der Waals surface area contributed by atoms with E-state index in [0.29, 0.717) is 18.6 Å². The summed E-state index contributed by atoms with van der Waals surface area (Å²) in [4.78, 5) is 11.7. The van der Waals surface area contributed by atoms with Crippen molar-refractivity contribution in [3.63, 3.8) is 0 Å². The SMILES string of the molecule is CC[C@@H](NC(=O)[C@H]1CCOC1)C(C)C. The van der Waals surface area contributed by atoms with Crippen LogP contribution in [0.4, 0.5) is 0 Å². The maximum Gasteiger partial charge on any atom is 0.225 e. The lowest BCUT2D eigenvalue weighted by Gasteiger charge is -2.22. The standard InChI is InChI=1S/C11H21NO2/c1-4-10(8(2)3)12-11(13)9-5-6-14-7-9/h8-10H,4-7H2,1-3H3,(H,12,13)/t9-,10+/m0/s1. The average molecular weight is 199 g/mol. The highest BCUT2D eigenvalue weighted by atomic mass is 16.5. The Kier molecular flexibility index (Phi) is 4.39. The smallest absolute Gasteiger partial charge is 0.225 e. The lowest BCUT2D eigenvalue weighted by Crippen LogP contribution is -2.41. The second-order valence-corrected chi connectivity index (χ2v) is 4.33. The fraction of sp³-hybridized carbons (Fsp3) is 0.909. The second-order valence-electron chi connectivity index (χ2n) is 4.33. The third-order valence-corrected chi connectivity index (χ3v) is 2.87. The third-order valence-electron chi connectivity index (χ3n) is 2.87. The highest BCUT2D eigenvalue weighted by molar-refractivity contribution is 5.79. The van der Waals surface area contributed by atoms with Crippen LogP contribution in [0.2, 0.25) is 0 Å². The Hall–Kier alpha value is -0.570. The van der Waals surface area contributed by atoms with Crippen LogP contribution >= 0.6 is 0 Å². The van der Waals surface area contributed by atoms with Gasteiger partial charge < -0.3 is 10.1 Å². The minimum absolute atomic E-state index is 0.0859. The molecule has 0 bridgehead atoms. The Bertz CT molecular complexity index is 186. The van der Waals surface area contributed by atoms with Crippen LogP contribution < -0.4 is 5.32 Å². The van der Waals surface area contributed by atoms with E-state index in [1.54, 1.807) is 0 Å². The van der Waals surface area contributed by atoms with Crippen LogP contribution in [0.15, 0.2) is 0 Å². The van der Waals surface area contributed by atoms with E-state index >= 15 is 0 Å². The minimum atomic E-state index is 0.0859. The van der Waals surface area contributed by atoms with Crippen molar-refractivity contribution in [3.8, 4) is 0 Å². The molecule has 0 aromatic rings. The first-order valence-corrected chi connectivity index (χ1v) is 5.53. The van der Waals surface area contributed by atoms with E-state index in [1.807, 2.05) is 0 Å². The van der Waals surface area contributed by atoms with E-state index in [2.05, 4.69) is 26.1 Å². The molecular formula is C11H21NO2. The quantitative estimate of drug-likeness (QED) is 0.746. The van der Waals surface area contributed by atoms with Crippen molar-refractivity contribution in [1.29, 1.82) is 0 Å². The molecule has 0 aromatic heterocycles. The molecule has 3 nitrogen and oxygen atoms in total. The molecule has 14 heavy (non-hydrogen) atoms. The largest absolute Gasteiger partial charge is 0.381 e. The van der Waals surface area contributed by atoms with E-state index in [1.165, 1.54) is 0 Å². The number of hydrogen-bond donors (Lipinski definition) is 1. The van der Waals surface area contributed by atoms with Crippen LogP contribution in [0.1, 0.15) is 33.6 Å². The molecule has 1 saturated heterocycles. The van der Waals surface area contributed by atoms with Gasteiger partial charge in [0.05, 0.1) is 12.5 Å². The van der Waals surface area contributed by atoms with E-state index in [-0.39, 0.29) is 11.8 Å². The minimum Gasteiger partial charge on any atom is -0.381 e. The first-order chi connectivity index (χ1) is 6.65. The summed E-state index contributed by atoms with van der Waals surface area (Å²) in [5.74, 6) is 0.761. The molecule has 0 unspecified atom stereocenters. The summed E-state index contributed by atoms with van der Waals surface area (Å²) < 4.78 is 5.19. The Labute approximate surface area is 86.2 Å². The molecule has 0 radical (unpaired) electrons. The van der Waals surface area contributed by atoms with E-state index in [4.69, 9.17) is 4.74 Å². The van der Waals surface area contributed by atoms with Crippen molar-refractivity contribution in [2.45, 2.75) is 39.7 Å². The lowest BCUT2D eigenvalue weighted by atomic mass is 10.00. The molecule has 0 aromatic carbocycles. The number of nitrogens with one attached hydrogen (secondary N) is 1. The van der Waals surface area contributed by atoms with Crippen LogP contribution in [-0.4, -0.2) is 25.2 Å². The summed E-state index contributed by atoms with van der Waals surface area (Å²) in [6.45, 7) is 7.71. The lowest BCUT2D eigenvalue weighted by molar-refractivity contribution is -0.126. The van der Waals surface area contributed by atoms with Crippen molar-refractivity contribution in [1.82, 2.24) is 5.32 Å². The summed E-state index contributed by atoms with van der Waals surface area (Å²) in [6, 6.07) is 0.308. The van der Waals surface area contributed by atoms with Crippen molar-refractivity contribution in [3.05, 3.63) is 0 Å². The number of amides is 1. The van der Waals surface area contributed by atoms with Gasteiger partial charge in [-0.3, -0.25) is 4.79 Å². The molecule has 82 valence electrons. The average Bonchev–Trinajstić information content (AvgIpc) is 2.65. The molecule has 1 heterocycles. The van der Waals surface area contributed by atoms with Gasteiger partial charge in [-0.2, -0.15) is 0 Å². The molecule has 3 heteroatoms. The predicted octanol–water partition coefficient (Wildman–Crippen LogP) is 1.57. The van der Waals surface area contributed by atoms with Gasteiger partial charge in [0.2, 0.25) is 5.91 Å². The summed E-state index contributed by atoms with van der Waals surface area (Å²) in [5, 5.41) is 3.09. The Morgan fingerprint density at radius 3 is 2.71 bits per heavy atom. The van der Waals surface area contributed by atoms with Crippen molar-refractivity contribution < 1.29 is 9.53 Å². The molecule has 0 spiro atoms. The molecule has 1 aliphatic rings. The molecule has 1 N–H and O–H groups in total. The molecular weight excluding hydrogens is 178 g/mol. The van der Waals surface area contributed by atoms with Gasteiger partial charge in [0.15, 0.2) is 0 Å². The molecule has 0 saturated carbocycles. The van der Waals surface area contributed by atoms with Gasteiger partial charge in [-0.05, 0) is 18.8 Å². The van der Waals surface area contributed by atoms with E-state index in [0.717, 1.165) is 19.4 Å². The molecule has 2 atom stereocenters. The van der Waals surface area contributed by atoms with Crippen LogP contribution in [-0.2, 0) is 9.53 Å². The van der Waals surface area contributed by atoms with Crippen molar-refractivity contribution in [2.75, 3.05) is 13.2 Å². The zero-order chi connectivity index (χ0) is 10.6. The number of carbonyl (C=O) groups is 1. The van der Waals surface area contributed by atoms with Crippen molar-refractivity contribution >= 4 is 5.91 Å². The number of ether oxygens (including phenoxy) is 1. The highest BCUT2D eigenvalue weighted by Crippen LogP contribution is 2.14. The zero-order valence-corrected chi connectivity index (χ0v) is 9.38. The molecule has 0 aliphatic carbocycles. The van der Waals surface area contributed by atoms with Crippen molar-refractivity contribution in [2.24, 2.45) is 11.8 Å². The maximum atomic E-state index is 11.7. The first kappa shape index (κ1) is 11.5. The zero-order valence-electron chi connectivity index (χ0n) is 9.38. The monoisotopic (exact) mass is 199 g/mol. The van der Waals surface area contributed by atoms with Crippen LogP contribution in [0.25, 0.3) is 0 Å². The summed E-state index contributed by atoms with van der Waals surface area (Å²) in [7, 11) is 0. The molecule has 1 aliphatic heterocycles. The number of rotatable bonds is 4. The van der Waals surface area contributed by atoms with Crippen LogP contribution in [0, 0.1) is 11.8 Å². The highest BCUT2D eigenvalue weighted by Gasteiger charge is 2.25. The maximum absolute atomic E-state index is 11.7. The summed E-state index contributed by atoms with van der Waals surface area (Å²) in [5.41, 5.74) is 0. The van der Waals surface area contributed by atoms with Gasteiger partial charge in [0.1, 0.15) is 0 Å². The Morgan fingerprint density at radius 1 is 1.57 bits per heavy atom. The normalized spacial score (nSPS) is 23.9. The number of hydrogen-bond acceptors (Lipinski definition) is 2. The van der Waals surface area contributed by atoms with E-state index < -0.39 is 0 Å². The topological polar surface area (TPSA) is 38.3 Å². The first-order valence-electron chi connectivity index (χ1n) is 5.53. The summed E-state index contributed by atoms with van der Waals surface area (Å²) >= 11 is 0.